The molecular formula is C10H10N2O2. The summed E-state index contributed by atoms with van der Waals surface area (Å²) in [6.07, 6.45) is 0.376. The van der Waals surface area contributed by atoms with Crippen LogP contribution in [0.4, 0.5) is 0 Å². The standard InChI is InChI=1S/C10H10N2O2/c1-8(14-10(13)7-12-11)9-5-3-2-4-6-9/h2-8H,1H3. The van der Waals surface area contributed by atoms with Gasteiger partial charge in [-0.25, -0.2) is 4.79 Å². The van der Waals surface area contributed by atoms with Gasteiger partial charge in [-0.1, -0.05) is 30.3 Å². The summed E-state index contributed by atoms with van der Waals surface area (Å²) in [4.78, 5) is 13.5. The number of ether oxygens (including phenoxy) is 1. The van der Waals surface area contributed by atoms with Crippen LogP contribution in [-0.4, -0.2) is 17.0 Å². The summed E-state index contributed by atoms with van der Waals surface area (Å²) in [7, 11) is 0. The van der Waals surface area contributed by atoms with Gasteiger partial charge in [0.05, 0.1) is 0 Å². The van der Waals surface area contributed by atoms with Crippen molar-refractivity contribution in [3.8, 4) is 0 Å². The summed E-state index contributed by atoms with van der Waals surface area (Å²) in [5, 5.41) is 0. The first-order valence-corrected chi connectivity index (χ1v) is 4.17. The molecule has 0 aliphatic carbocycles. The predicted molar refractivity (Wildman–Crippen MR) is 50.6 cm³/mol. The first-order valence-electron chi connectivity index (χ1n) is 4.17. The fourth-order valence-corrected chi connectivity index (χ4v) is 1.04. The highest BCUT2D eigenvalue weighted by Gasteiger charge is 2.11. The zero-order chi connectivity index (χ0) is 10.4. The number of nitrogens with zero attached hydrogens (tertiary/aromatic N) is 2. The van der Waals surface area contributed by atoms with Gasteiger partial charge in [0.25, 0.3) is 0 Å². The lowest BCUT2D eigenvalue weighted by molar-refractivity contribution is -0.143. The van der Waals surface area contributed by atoms with Gasteiger partial charge < -0.3 is 10.3 Å². The second kappa shape index (κ2) is 4.94. The van der Waals surface area contributed by atoms with Crippen LogP contribution in [0.1, 0.15) is 18.6 Å². The average Bonchev–Trinajstić information content (AvgIpc) is 2.19. The molecule has 0 amide bonds. The van der Waals surface area contributed by atoms with Gasteiger partial charge in [0.2, 0.25) is 0 Å². The number of carbonyl (C=O) groups excluding carboxylic acids is 1. The molecule has 4 nitrogen and oxygen atoms in total. The monoisotopic (exact) mass is 190 g/mol. The van der Waals surface area contributed by atoms with Gasteiger partial charge in [-0.05, 0) is 12.5 Å². The Kier molecular flexibility index (Phi) is 3.58. The van der Waals surface area contributed by atoms with Crippen LogP contribution in [0.2, 0.25) is 0 Å². The highest BCUT2D eigenvalue weighted by molar-refractivity contribution is 6.20. The van der Waals surface area contributed by atoms with Crippen molar-refractivity contribution in [3.05, 3.63) is 41.4 Å². The van der Waals surface area contributed by atoms with E-state index in [-0.39, 0.29) is 6.10 Å². The molecule has 0 heterocycles. The quantitative estimate of drug-likeness (QED) is 0.314. The molecule has 0 N–H and O–H groups in total. The van der Waals surface area contributed by atoms with Gasteiger partial charge in [-0.3, -0.25) is 0 Å². The Balaban J connectivity index is 2.63. The van der Waals surface area contributed by atoms with Crippen LogP contribution in [0.3, 0.4) is 0 Å². The van der Waals surface area contributed by atoms with Gasteiger partial charge in [-0.2, -0.15) is 4.79 Å². The summed E-state index contributed by atoms with van der Waals surface area (Å²) in [6, 6.07) is 9.31. The van der Waals surface area contributed by atoms with E-state index < -0.39 is 5.97 Å². The molecule has 1 rings (SSSR count). The van der Waals surface area contributed by atoms with Crippen molar-refractivity contribution in [1.29, 1.82) is 0 Å². The molecule has 4 heteroatoms. The predicted octanol–water partition coefficient (Wildman–Crippen LogP) is 1.59. The number of esters is 1. The molecule has 72 valence electrons. The second-order valence-corrected chi connectivity index (χ2v) is 2.73. The van der Waals surface area contributed by atoms with E-state index in [4.69, 9.17) is 10.3 Å². The minimum Gasteiger partial charge on any atom is -0.449 e. The fraction of sp³-hybridized carbons (Fsp3) is 0.200. The SMILES string of the molecule is CC(OC(=O)C=[N+]=[N-])c1ccccc1. The number of benzene rings is 1. The maximum absolute atomic E-state index is 10.9. The largest absolute Gasteiger partial charge is 0.449 e. The Bertz CT molecular complexity index is 356. The fourth-order valence-electron chi connectivity index (χ4n) is 1.04. The van der Waals surface area contributed by atoms with Crippen LogP contribution in [-0.2, 0) is 9.53 Å². The van der Waals surface area contributed by atoms with Gasteiger partial charge in [0.1, 0.15) is 6.10 Å². The molecule has 0 radical (unpaired) electrons. The van der Waals surface area contributed by atoms with Gasteiger partial charge in [0, 0.05) is 0 Å². The van der Waals surface area contributed by atoms with Crippen LogP contribution in [0.15, 0.2) is 30.3 Å². The topological polar surface area (TPSA) is 62.7 Å². The molecule has 1 aromatic rings. The van der Waals surface area contributed by atoms with Crippen LogP contribution in [0.25, 0.3) is 5.53 Å². The van der Waals surface area contributed by atoms with E-state index in [1.54, 1.807) is 6.92 Å². The van der Waals surface area contributed by atoms with Crippen molar-refractivity contribution in [2.45, 2.75) is 13.0 Å². The van der Waals surface area contributed by atoms with Crippen molar-refractivity contribution in [2.24, 2.45) is 0 Å². The zero-order valence-corrected chi connectivity index (χ0v) is 7.75. The van der Waals surface area contributed by atoms with Crippen molar-refractivity contribution >= 4 is 12.2 Å². The Hall–Kier alpha value is -1.93. The summed E-state index contributed by atoms with van der Waals surface area (Å²) >= 11 is 0. The average molecular weight is 190 g/mol. The minimum absolute atomic E-state index is 0.346. The van der Waals surface area contributed by atoms with E-state index in [2.05, 4.69) is 4.79 Å². The summed E-state index contributed by atoms with van der Waals surface area (Å²) < 4.78 is 4.93. The maximum atomic E-state index is 10.9. The number of rotatable bonds is 3. The van der Waals surface area contributed by atoms with Crippen LogP contribution >= 0.6 is 0 Å². The number of carbonyl (C=O) groups is 1. The van der Waals surface area contributed by atoms with Crippen molar-refractivity contribution in [1.82, 2.24) is 0 Å². The molecule has 0 saturated carbocycles. The molecule has 1 aromatic carbocycles. The Morgan fingerprint density at radius 3 is 2.71 bits per heavy atom. The van der Waals surface area contributed by atoms with E-state index in [0.29, 0.717) is 0 Å². The molecule has 0 fully saturated rings. The molecule has 0 bridgehead atoms. The molecule has 0 saturated heterocycles. The van der Waals surface area contributed by atoms with Gasteiger partial charge >= 0.3 is 12.2 Å². The van der Waals surface area contributed by atoms with Crippen LogP contribution in [0.5, 0.6) is 0 Å². The first kappa shape index (κ1) is 10.2. The minimum atomic E-state index is -0.663. The van der Waals surface area contributed by atoms with Crippen molar-refractivity contribution in [3.63, 3.8) is 0 Å². The highest BCUT2D eigenvalue weighted by Crippen LogP contribution is 2.15. The Morgan fingerprint density at radius 2 is 2.14 bits per heavy atom. The van der Waals surface area contributed by atoms with E-state index >= 15 is 0 Å². The third kappa shape index (κ3) is 2.84. The summed E-state index contributed by atoms with van der Waals surface area (Å²) in [5.74, 6) is -0.663. The number of hydrogen-bond acceptors (Lipinski definition) is 2. The molecule has 0 aliphatic rings. The molecular weight excluding hydrogens is 180 g/mol. The Labute approximate surface area is 81.7 Å². The lowest BCUT2D eigenvalue weighted by Gasteiger charge is -2.09. The molecule has 0 aliphatic heterocycles. The van der Waals surface area contributed by atoms with E-state index in [9.17, 15) is 4.79 Å². The van der Waals surface area contributed by atoms with Crippen LogP contribution in [0, 0.1) is 0 Å². The molecule has 0 spiro atoms. The molecule has 14 heavy (non-hydrogen) atoms. The van der Waals surface area contributed by atoms with Gasteiger partial charge in [0.15, 0.2) is 0 Å². The normalized spacial score (nSPS) is 11.2. The van der Waals surface area contributed by atoms with Crippen LogP contribution < -0.4 is 0 Å². The lowest BCUT2D eigenvalue weighted by Crippen LogP contribution is -2.09. The van der Waals surface area contributed by atoms with E-state index in [1.807, 2.05) is 30.3 Å². The lowest BCUT2D eigenvalue weighted by atomic mass is 10.1. The van der Waals surface area contributed by atoms with E-state index in [0.717, 1.165) is 11.8 Å². The summed E-state index contributed by atoms with van der Waals surface area (Å²) in [5.41, 5.74) is 8.98. The van der Waals surface area contributed by atoms with Crippen molar-refractivity contribution in [2.75, 3.05) is 0 Å². The molecule has 1 atom stereocenters. The highest BCUT2D eigenvalue weighted by atomic mass is 16.5. The van der Waals surface area contributed by atoms with Gasteiger partial charge in [-0.15, -0.1) is 0 Å². The van der Waals surface area contributed by atoms with Crippen molar-refractivity contribution < 1.29 is 14.3 Å². The zero-order valence-electron chi connectivity index (χ0n) is 7.75. The third-order valence-electron chi connectivity index (χ3n) is 1.73. The first-order chi connectivity index (χ1) is 6.74. The van der Waals surface area contributed by atoms with E-state index in [1.165, 1.54) is 0 Å². The molecule has 0 aromatic heterocycles. The Morgan fingerprint density at radius 1 is 1.50 bits per heavy atom. The summed E-state index contributed by atoms with van der Waals surface area (Å²) in [6.45, 7) is 1.75. The second-order valence-electron chi connectivity index (χ2n) is 2.73. The maximum Gasteiger partial charge on any atom is 0.414 e. The third-order valence-corrected chi connectivity index (χ3v) is 1.73. The smallest absolute Gasteiger partial charge is 0.414 e. The number of hydrogen-bond donors (Lipinski definition) is 0. The molecule has 1 unspecified atom stereocenters.